The third kappa shape index (κ3) is 2.93. The Morgan fingerprint density at radius 3 is 2.76 bits per heavy atom. The number of hydroxylamine groups is 2. The molecule has 130 valence electrons. The van der Waals surface area contributed by atoms with Crippen molar-refractivity contribution in [3.05, 3.63) is 68.7 Å². The summed E-state index contributed by atoms with van der Waals surface area (Å²) in [6.07, 6.45) is 1.09. The van der Waals surface area contributed by atoms with E-state index in [4.69, 9.17) is 27.9 Å². The van der Waals surface area contributed by atoms with Gasteiger partial charge in [-0.3, -0.25) is 4.98 Å². The molecule has 0 radical (unpaired) electrons. The van der Waals surface area contributed by atoms with E-state index in [-0.39, 0.29) is 12.3 Å². The van der Waals surface area contributed by atoms with E-state index in [1.807, 2.05) is 0 Å². The summed E-state index contributed by atoms with van der Waals surface area (Å²) in [5, 5.41) is 14.4. The second kappa shape index (κ2) is 6.77. The summed E-state index contributed by atoms with van der Waals surface area (Å²) in [6, 6.07) is 8.42. The second-order valence-electron chi connectivity index (χ2n) is 5.66. The lowest BCUT2D eigenvalue weighted by atomic mass is 10.0. The van der Waals surface area contributed by atoms with Gasteiger partial charge in [0.2, 0.25) is 0 Å². The number of aromatic nitrogens is 1. The van der Waals surface area contributed by atoms with Crippen molar-refractivity contribution in [2.45, 2.75) is 20.3 Å². The minimum atomic E-state index is -1.28. The molecule has 1 aliphatic rings. The minimum Gasteiger partial charge on any atom is -0.612 e. The SMILES string of the molecule is CCOC(=O)[N+]1([O-])C(C)=C(Cc2ccc(Cl)cc2Cl)c2ncccc21. The molecule has 0 saturated carbocycles. The van der Waals surface area contributed by atoms with Crippen molar-refractivity contribution in [1.29, 1.82) is 0 Å². The van der Waals surface area contributed by atoms with Gasteiger partial charge in [-0.15, -0.1) is 0 Å². The third-order valence-electron chi connectivity index (χ3n) is 4.23. The van der Waals surface area contributed by atoms with Crippen LogP contribution in [0.5, 0.6) is 0 Å². The van der Waals surface area contributed by atoms with Crippen LogP contribution in [0.15, 0.2) is 42.2 Å². The monoisotopic (exact) mass is 378 g/mol. The highest BCUT2D eigenvalue weighted by atomic mass is 35.5. The molecule has 0 saturated heterocycles. The molecule has 2 aromatic rings. The van der Waals surface area contributed by atoms with Crippen LogP contribution in [0.2, 0.25) is 10.0 Å². The van der Waals surface area contributed by atoms with E-state index in [9.17, 15) is 10.0 Å². The van der Waals surface area contributed by atoms with Gasteiger partial charge in [0.15, 0.2) is 5.69 Å². The van der Waals surface area contributed by atoms with E-state index in [2.05, 4.69) is 4.98 Å². The molecule has 25 heavy (non-hydrogen) atoms. The minimum absolute atomic E-state index is 0.127. The zero-order valence-electron chi connectivity index (χ0n) is 13.8. The first-order valence-electron chi connectivity index (χ1n) is 7.77. The highest BCUT2D eigenvalue weighted by molar-refractivity contribution is 6.35. The van der Waals surface area contributed by atoms with E-state index in [0.29, 0.717) is 33.4 Å². The maximum absolute atomic E-state index is 13.4. The molecule has 1 amide bonds. The van der Waals surface area contributed by atoms with Gasteiger partial charge in [-0.1, -0.05) is 29.3 Å². The summed E-state index contributed by atoms with van der Waals surface area (Å²) in [5.41, 5.74) is 2.56. The van der Waals surface area contributed by atoms with E-state index in [0.717, 1.165) is 5.56 Å². The lowest BCUT2D eigenvalue weighted by Gasteiger charge is -2.34. The van der Waals surface area contributed by atoms with Crippen molar-refractivity contribution >= 4 is 40.6 Å². The lowest BCUT2D eigenvalue weighted by molar-refractivity contribution is 0.132. The summed E-state index contributed by atoms with van der Waals surface area (Å²) in [6.45, 7) is 3.42. The highest BCUT2D eigenvalue weighted by Gasteiger charge is 2.45. The summed E-state index contributed by atoms with van der Waals surface area (Å²) in [7, 11) is 0. The van der Waals surface area contributed by atoms with Gasteiger partial charge in [-0.05, 0) is 30.7 Å². The molecule has 5 nitrogen and oxygen atoms in total. The van der Waals surface area contributed by atoms with Crippen molar-refractivity contribution in [3.63, 3.8) is 0 Å². The number of benzene rings is 1. The van der Waals surface area contributed by atoms with Crippen LogP contribution < -0.4 is 4.65 Å². The number of halogens is 2. The first-order chi connectivity index (χ1) is 11.9. The number of carbonyl (C=O) groups excluding carboxylic acids is 1. The zero-order valence-corrected chi connectivity index (χ0v) is 15.3. The number of nitrogens with zero attached hydrogens (tertiary/aromatic N) is 2. The highest BCUT2D eigenvalue weighted by Crippen LogP contribution is 2.45. The zero-order chi connectivity index (χ0) is 18.2. The van der Waals surface area contributed by atoms with Crippen LogP contribution in [0.25, 0.3) is 5.57 Å². The average molecular weight is 379 g/mol. The van der Waals surface area contributed by atoms with Crippen molar-refractivity contribution in [3.8, 4) is 0 Å². The van der Waals surface area contributed by atoms with Crippen LogP contribution in [-0.2, 0) is 11.2 Å². The molecular weight excluding hydrogens is 363 g/mol. The molecule has 1 aromatic heterocycles. The Hall–Kier alpha value is -1.92. The van der Waals surface area contributed by atoms with Gasteiger partial charge in [0.1, 0.15) is 11.4 Å². The Balaban J connectivity index is 2.11. The van der Waals surface area contributed by atoms with Crippen LogP contribution in [0.1, 0.15) is 25.1 Å². The summed E-state index contributed by atoms with van der Waals surface area (Å²) in [5.74, 6) is 0. The number of quaternary nitrogens is 1. The van der Waals surface area contributed by atoms with Crippen molar-refractivity contribution in [1.82, 2.24) is 9.63 Å². The topological polar surface area (TPSA) is 62.2 Å². The molecule has 0 bridgehead atoms. The Kier molecular flexibility index (Phi) is 4.84. The van der Waals surface area contributed by atoms with Crippen LogP contribution in [0.4, 0.5) is 10.5 Å². The Morgan fingerprint density at radius 1 is 1.32 bits per heavy atom. The molecule has 0 aliphatic carbocycles. The van der Waals surface area contributed by atoms with E-state index >= 15 is 0 Å². The second-order valence-corrected chi connectivity index (χ2v) is 6.50. The molecular formula is C18H16Cl2N2O3. The van der Waals surface area contributed by atoms with Crippen molar-refractivity contribution < 1.29 is 9.53 Å². The standard InChI is InChI=1S/C18H16Cl2N2O3/c1-3-25-18(23)22(24)11(2)14(17-16(22)5-4-8-21-17)9-12-6-7-13(19)10-15(12)20/h4-8,10H,3,9H2,1-2H3. The summed E-state index contributed by atoms with van der Waals surface area (Å²) < 4.78 is 3.73. The number of hydrogen-bond donors (Lipinski definition) is 0. The van der Waals surface area contributed by atoms with E-state index < -0.39 is 10.7 Å². The van der Waals surface area contributed by atoms with Gasteiger partial charge in [0.05, 0.1) is 6.61 Å². The van der Waals surface area contributed by atoms with Crippen molar-refractivity contribution in [2.75, 3.05) is 6.61 Å². The molecule has 0 spiro atoms. The number of hydrogen-bond acceptors (Lipinski definition) is 4. The number of pyridine rings is 1. The van der Waals surface area contributed by atoms with E-state index in [1.54, 1.807) is 50.4 Å². The maximum Gasteiger partial charge on any atom is 0.526 e. The Morgan fingerprint density at radius 2 is 2.08 bits per heavy atom. The number of rotatable bonds is 3. The first-order valence-corrected chi connectivity index (χ1v) is 8.52. The third-order valence-corrected chi connectivity index (χ3v) is 4.81. The van der Waals surface area contributed by atoms with E-state index in [1.165, 1.54) is 0 Å². The summed E-state index contributed by atoms with van der Waals surface area (Å²) >= 11 is 12.2. The van der Waals surface area contributed by atoms with Gasteiger partial charge in [-0.2, -0.15) is 9.44 Å². The predicted molar refractivity (Wildman–Crippen MR) is 99.2 cm³/mol. The van der Waals surface area contributed by atoms with Crippen LogP contribution in [-0.4, -0.2) is 17.7 Å². The molecule has 2 heterocycles. The first kappa shape index (κ1) is 17.9. The van der Waals surface area contributed by atoms with Crippen LogP contribution in [0, 0.1) is 5.21 Å². The van der Waals surface area contributed by atoms with Gasteiger partial charge in [0, 0.05) is 41.2 Å². The smallest absolute Gasteiger partial charge is 0.526 e. The fourth-order valence-corrected chi connectivity index (χ4v) is 3.42. The van der Waals surface area contributed by atoms with Crippen LogP contribution in [0.3, 0.4) is 0 Å². The molecule has 1 aliphatic heterocycles. The molecule has 0 N–H and O–H groups in total. The predicted octanol–water partition coefficient (Wildman–Crippen LogP) is 5.34. The molecule has 0 fully saturated rings. The van der Waals surface area contributed by atoms with Gasteiger partial charge in [-0.25, -0.2) is 0 Å². The Bertz CT molecular complexity index is 882. The maximum atomic E-state index is 13.4. The summed E-state index contributed by atoms with van der Waals surface area (Å²) in [4.78, 5) is 16.7. The number of amides is 1. The molecule has 1 aromatic carbocycles. The number of allylic oxidation sites excluding steroid dienone is 2. The quantitative estimate of drug-likeness (QED) is 0.534. The normalized spacial score (nSPS) is 19.1. The van der Waals surface area contributed by atoms with Crippen LogP contribution >= 0.6 is 23.2 Å². The number of fused-ring (bicyclic) bond motifs is 1. The Labute approximate surface area is 155 Å². The molecule has 1 atom stereocenters. The molecule has 3 rings (SSSR count). The number of ether oxygens (including phenoxy) is 1. The molecule has 7 heteroatoms. The fourth-order valence-electron chi connectivity index (χ4n) is 2.94. The average Bonchev–Trinajstić information content (AvgIpc) is 2.80. The van der Waals surface area contributed by atoms with Gasteiger partial charge in [0.25, 0.3) is 0 Å². The number of carbonyl (C=O) groups is 1. The van der Waals surface area contributed by atoms with Gasteiger partial charge < -0.3 is 9.94 Å². The van der Waals surface area contributed by atoms with Gasteiger partial charge >= 0.3 is 6.09 Å². The van der Waals surface area contributed by atoms with Crippen molar-refractivity contribution in [2.24, 2.45) is 0 Å². The molecule has 1 unspecified atom stereocenters. The largest absolute Gasteiger partial charge is 0.612 e. The lowest BCUT2D eigenvalue weighted by Crippen LogP contribution is -2.46. The fraction of sp³-hybridized carbons (Fsp3) is 0.222.